The second kappa shape index (κ2) is 5.72. The molecule has 1 saturated heterocycles. The van der Waals surface area contributed by atoms with Crippen LogP contribution < -0.4 is 5.73 Å². The molecular weight excluding hydrogens is 256 g/mol. The van der Waals surface area contributed by atoms with E-state index in [2.05, 4.69) is 0 Å². The van der Waals surface area contributed by atoms with E-state index in [9.17, 15) is 9.59 Å². The lowest BCUT2D eigenvalue weighted by Gasteiger charge is -2.32. The van der Waals surface area contributed by atoms with Crippen molar-refractivity contribution in [3.05, 3.63) is 0 Å². The first-order valence-corrected chi connectivity index (χ1v) is 7.83. The van der Waals surface area contributed by atoms with Gasteiger partial charge in [-0.05, 0) is 43.9 Å². The molecule has 0 radical (unpaired) electrons. The Balaban J connectivity index is 1.43. The molecule has 2 saturated carbocycles. The molecule has 1 amide bonds. The zero-order valence-electron chi connectivity index (χ0n) is 11.9. The summed E-state index contributed by atoms with van der Waals surface area (Å²) in [4.78, 5) is 25.2. The Labute approximate surface area is 119 Å². The van der Waals surface area contributed by atoms with Gasteiger partial charge in [0.2, 0.25) is 5.91 Å². The number of primary amides is 1. The molecule has 0 unspecified atom stereocenters. The zero-order chi connectivity index (χ0) is 14.1. The summed E-state index contributed by atoms with van der Waals surface area (Å²) in [6, 6.07) is 0. The van der Waals surface area contributed by atoms with E-state index in [0.29, 0.717) is 12.5 Å². The molecule has 0 aromatic carbocycles. The molecule has 0 aromatic heterocycles. The SMILES string of the molecule is NC(=O)CN1CCC(OC(=O)[C@H]2C[C@H]3CC[C@H]2C3)CC1. The van der Waals surface area contributed by atoms with E-state index in [1.807, 2.05) is 4.90 Å². The fourth-order valence-corrected chi connectivity index (χ4v) is 4.19. The number of rotatable bonds is 4. The van der Waals surface area contributed by atoms with Crippen molar-refractivity contribution in [1.82, 2.24) is 4.90 Å². The minimum Gasteiger partial charge on any atom is -0.462 e. The number of fused-ring (bicyclic) bond motifs is 2. The van der Waals surface area contributed by atoms with Crippen molar-refractivity contribution >= 4 is 11.9 Å². The van der Waals surface area contributed by atoms with Crippen molar-refractivity contribution in [2.45, 2.75) is 44.6 Å². The van der Waals surface area contributed by atoms with Crippen molar-refractivity contribution in [3.8, 4) is 0 Å². The molecule has 5 nitrogen and oxygen atoms in total. The minimum atomic E-state index is -0.289. The maximum absolute atomic E-state index is 12.3. The Kier molecular flexibility index (Phi) is 3.96. The van der Waals surface area contributed by atoms with E-state index in [0.717, 1.165) is 38.3 Å². The fraction of sp³-hybridized carbons (Fsp3) is 0.867. The summed E-state index contributed by atoms with van der Waals surface area (Å²) in [6.07, 6.45) is 6.47. The standard InChI is InChI=1S/C15H24N2O3/c16-14(18)9-17-5-3-12(4-6-17)20-15(19)13-8-10-1-2-11(13)7-10/h10-13H,1-9H2,(H2,16,18)/t10-,11-,13-/m0/s1. The maximum Gasteiger partial charge on any atom is 0.309 e. The lowest BCUT2D eigenvalue weighted by atomic mass is 9.89. The molecule has 0 spiro atoms. The van der Waals surface area contributed by atoms with E-state index in [4.69, 9.17) is 10.5 Å². The first-order chi connectivity index (χ1) is 9.61. The zero-order valence-corrected chi connectivity index (χ0v) is 11.9. The summed E-state index contributed by atoms with van der Waals surface area (Å²) in [6.45, 7) is 1.89. The number of nitrogens with zero attached hydrogens (tertiary/aromatic N) is 1. The van der Waals surface area contributed by atoms with Gasteiger partial charge in [-0.2, -0.15) is 0 Å². The summed E-state index contributed by atoms with van der Waals surface area (Å²) >= 11 is 0. The number of amides is 1. The van der Waals surface area contributed by atoms with Gasteiger partial charge in [-0.3, -0.25) is 14.5 Å². The molecule has 1 aliphatic heterocycles. The summed E-state index contributed by atoms with van der Waals surface area (Å²) in [7, 11) is 0. The molecule has 5 heteroatoms. The van der Waals surface area contributed by atoms with Gasteiger partial charge in [0.1, 0.15) is 6.10 Å². The molecule has 2 bridgehead atoms. The van der Waals surface area contributed by atoms with Crippen molar-refractivity contribution in [3.63, 3.8) is 0 Å². The van der Waals surface area contributed by atoms with Gasteiger partial charge in [0.15, 0.2) is 0 Å². The summed E-state index contributed by atoms with van der Waals surface area (Å²) in [5.74, 6) is 1.27. The highest BCUT2D eigenvalue weighted by atomic mass is 16.5. The van der Waals surface area contributed by atoms with E-state index in [1.165, 1.54) is 19.3 Å². The van der Waals surface area contributed by atoms with E-state index in [1.54, 1.807) is 0 Å². The van der Waals surface area contributed by atoms with Crippen LogP contribution in [-0.4, -0.2) is 42.5 Å². The van der Waals surface area contributed by atoms with Gasteiger partial charge >= 0.3 is 5.97 Å². The van der Waals surface area contributed by atoms with Crippen molar-refractivity contribution in [2.75, 3.05) is 19.6 Å². The van der Waals surface area contributed by atoms with Crippen LogP contribution >= 0.6 is 0 Å². The van der Waals surface area contributed by atoms with Crippen LogP contribution in [-0.2, 0) is 14.3 Å². The number of hydrogen-bond acceptors (Lipinski definition) is 4. The van der Waals surface area contributed by atoms with Crippen molar-refractivity contribution < 1.29 is 14.3 Å². The number of ether oxygens (including phenoxy) is 1. The Morgan fingerprint density at radius 3 is 2.40 bits per heavy atom. The Bertz CT molecular complexity index is 391. The Hall–Kier alpha value is -1.10. The molecule has 2 aliphatic carbocycles. The third-order valence-electron chi connectivity index (χ3n) is 5.24. The molecule has 3 atom stereocenters. The molecule has 3 aliphatic rings. The van der Waals surface area contributed by atoms with Crippen molar-refractivity contribution in [2.24, 2.45) is 23.5 Å². The number of nitrogens with two attached hydrogens (primary N) is 1. The molecular formula is C15H24N2O3. The van der Waals surface area contributed by atoms with E-state index in [-0.39, 0.29) is 23.9 Å². The van der Waals surface area contributed by atoms with Gasteiger partial charge in [0.25, 0.3) is 0 Å². The Morgan fingerprint density at radius 2 is 1.85 bits per heavy atom. The van der Waals surface area contributed by atoms with Crippen LogP contribution in [0, 0.1) is 17.8 Å². The van der Waals surface area contributed by atoms with Crippen LogP contribution in [0.4, 0.5) is 0 Å². The molecule has 20 heavy (non-hydrogen) atoms. The first kappa shape index (κ1) is 13.9. The molecule has 1 heterocycles. The van der Waals surface area contributed by atoms with Gasteiger partial charge in [-0.25, -0.2) is 0 Å². The highest BCUT2D eigenvalue weighted by Crippen LogP contribution is 2.48. The number of carbonyl (C=O) groups is 2. The number of carbonyl (C=O) groups excluding carboxylic acids is 2. The van der Waals surface area contributed by atoms with Crippen LogP contribution in [0.25, 0.3) is 0 Å². The predicted octanol–water partition coefficient (Wildman–Crippen LogP) is 0.915. The molecule has 0 aromatic rings. The number of likely N-dealkylation sites (tertiary alicyclic amines) is 1. The molecule has 3 rings (SSSR count). The molecule has 112 valence electrons. The van der Waals surface area contributed by atoms with Gasteiger partial charge < -0.3 is 10.5 Å². The van der Waals surface area contributed by atoms with Gasteiger partial charge in [-0.15, -0.1) is 0 Å². The quantitative estimate of drug-likeness (QED) is 0.777. The van der Waals surface area contributed by atoms with Gasteiger partial charge in [0, 0.05) is 13.1 Å². The normalized spacial score (nSPS) is 34.3. The second-order valence-electron chi connectivity index (χ2n) is 6.66. The van der Waals surface area contributed by atoms with Crippen LogP contribution in [0.3, 0.4) is 0 Å². The topological polar surface area (TPSA) is 72.6 Å². The first-order valence-electron chi connectivity index (χ1n) is 7.83. The monoisotopic (exact) mass is 280 g/mol. The third-order valence-corrected chi connectivity index (χ3v) is 5.24. The highest BCUT2D eigenvalue weighted by molar-refractivity contribution is 5.76. The Morgan fingerprint density at radius 1 is 1.10 bits per heavy atom. The van der Waals surface area contributed by atoms with Crippen LogP contribution in [0.2, 0.25) is 0 Å². The van der Waals surface area contributed by atoms with Crippen LogP contribution in [0.1, 0.15) is 38.5 Å². The largest absolute Gasteiger partial charge is 0.462 e. The van der Waals surface area contributed by atoms with E-state index < -0.39 is 0 Å². The van der Waals surface area contributed by atoms with Crippen LogP contribution in [0.15, 0.2) is 0 Å². The summed E-state index contributed by atoms with van der Waals surface area (Å²) in [5.41, 5.74) is 5.19. The number of piperidine rings is 1. The molecule has 3 fully saturated rings. The average molecular weight is 280 g/mol. The minimum absolute atomic E-state index is 0.0329. The molecule has 2 N–H and O–H groups in total. The predicted molar refractivity (Wildman–Crippen MR) is 73.7 cm³/mol. The number of esters is 1. The number of hydrogen-bond donors (Lipinski definition) is 1. The third kappa shape index (κ3) is 2.97. The lowest BCUT2D eigenvalue weighted by molar-refractivity contribution is -0.158. The van der Waals surface area contributed by atoms with Gasteiger partial charge in [-0.1, -0.05) is 6.42 Å². The highest BCUT2D eigenvalue weighted by Gasteiger charge is 2.44. The maximum atomic E-state index is 12.3. The fourth-order valence-electron chi connectivity index (χ4n) is 4.19. The van der Waals surface area contributed by atoms with E-state index >= 15 is 0 Å². The lowest BCUT2D eigenvalue weighted by Crippen LogP contribution is -2.42. The average Bonchev–Trinajstić information content (AvgIpc) is 3.03. The second-order valence-corrected chi connectivity index (χ2v) is 6.66. The smallest absolute Gasteiger partial charge is 0.309 e. The van der Waals surface area contributed by atoms with Crippen LogP contribution in [0.5, 0.6) is 0 Å². The summed E-state index contributed by atoms with van der Waals surface area (Å²) in [5, 5.41) is 0. The van der Waals surface area contributed by atoms with Gasteiger partial charge in [0.05, 0.1) is 12.5 Å². The summed E-state index contributed by atoms with van der Waals surface area (Å²) < 4.78 is 5.70. The van der Waals surface area contributed by atoms with Crippen molar-refractivity contribution in [1.29, 1.82) is 0 Å².